The fourth-order valence-corrected chi connectivity index (χ4v) is 2.71. The number of rotatable bonds is 4. The zero-order chi connectivity index (χ0) is 14.1. The monoisotopic (exact) mass is 279 g/mol. The first kappa shape index (κ1) is 13.1. The molecule has 108 valence electrons. The number of carboxylic acid groups (broad SMARTS) is 1. The van der Waals surface area contributed by atoms with Gasteiger partial charge in [-0.05, 0) is 30.7 Å². The van der Waals surface area contributed by atoms with Crippen LogP contribution in [0, 0.1) is 5.92 Å². The number of carboxylic acids is 1. The van der Waals surface area contributed by atoms with Gasteiger partial charge in [0.15, 0.2) is 11.5 Å². The largest absolute Gasteiger partial charge is 0.493 e. The van der Waals surface area contributed by atoms with Gasteiger partial charge in [-0.1, -0.05) is 0 Å². The van der Waals surface area contributed by atoms with Gasteiger partial charge in [0.2, 0.25) is 12.5 Å². The molecule has 1 N–H and O–H groups in total. The van der Waals surface area contributed by atoms with Gasteiger partial charge in [-0.25, -0.2) is 0 Å². The van der Waals surface area contributed by atoms with E-state index in [2.05, 4.69) is 4.90 Å². The second-order valence-electron chi connectivity index (χ2n) is 5.09. The van der Waals surface area contributed by atoms with Crippen LogP contribution in [0.15, 0.2) is 12.1 Å². The highest BCUT2D eigenvalue weighted by atomic mass is 16.7. The topological polar surface area (TPSA) is 68.2 Å². The van der Waals surface area contributed by atoms with Crippen LogP contribution < -0.4 is 14.2 Å². The van der Waals surface area contributed by atoms with Gasteiger partial charge >= 0.3 is 5.97 Å². The van der Waals surface area contributed by atoms with E-state index in [0.717, 1.165) is 12.1 Å². The molecule has 1 fully saturated rings. The molecule has 2 heterocycles. The molecule has 6 heteroatoms. The van der Waals surface area contributed by atoms with Crippen LogP contribution in [-0.2, 0) is 11.3 Å². The number of methoxy groups -OCH3 is 1. The fourth-order valence-electron chi connectivity index (χ4n) is 2.71. The van der Waals surface area contributed by atoms with Crippen molar-refractivity contribution in [3.8, 4) is 17.2 Å². The molecule has 0 bridgehead atoms. The number of hydrogen-bond donors (Lipinski definition) is 1. The molecule has 2 aliphatic rings. The van der Waals surface area contributed by atoms with Crippen LogP contribution in [0.3, 0.4) is 0 Å². The lowest BCUT2D eigenvalue weighted by molar-refractivity contribution is -0.141. The first-order chi connectivity index (χ1) is 9.67. The molecule has 1 aromatic rings. The second-order valence-corrected chi connectivity index (χ2v) is 5.09. The summed E-state index contributed by atoms with van der Waals surface area (Å²) in [5.41, 5.74) is 1.04. The Hall–Kier alpha value is -1.95. The summed E-state index contributed by atoms with van der Waals surface area (Å²) in [5, 5.41) is 9.02. The molecule has 0 spiro atoms. The maximum atomic E-state index is 11.0. The van der Waals surface area contributed by atoms with Gasteiger partial charge in [0.25, 0.3) is 0 Å². The van der Waals surface area contributed by atoms with Gasteiger partial charge in [-0.15, -0.1) is 0 Å². The molecule has 1 unspecified atom stereocenters. The van der Waals surface area contributed by atoms with Crippen molar-refractivity contribution in [2.75, 3.05) is 27.0 Å². The maximum absolute atomic E-state index is 11.0. The van der Waals surface area contributed by atoms with Crippen LogP contribution in [0.1, 0.15) is 12.0 Å². The molecular formula is C14H17NO5. The smallest absolute Gasteiger partial charge is 0.307 e. The molecule has 0 radical (unpaired) electrons. The molecule has 20 heavy (non-hydrogen) atoms. The van der Waals surface area contributed by atoms with Crippen molar-refractivity contribution in [2.24, 2.45) is 5.92 Å². The van der Waals surface area contributed by atoms with E-state index < -0.39 is 5.97 Å². The van der Waals surface area contributed by atoms with Crippen LogP contribution in [-0.4, -0.2) is 43.0 Å². The fraction of sp³-hybridized carbons (Fsp3) is 0.500. The van der Waals surface area contributed by atoms with Gasteiger partial charge in [-0.3, -0.25) is 9.69 Å². The molecular weight excluding hydrogens is 262 g/mol. The quantitative estimate of drug-likeness (QED) is 0.896. The normalized spacial score (nSPS) is 21.1. The highest BCUT2D eigenvalue weighted by Gasteiger charge is 2.28. The van der Waals surface area contributed by atoms with Crippen LogP contribution in [0.4, 0.5) is 0 Å². The summed E-state index contributed by atoms with van der Waals surface area (Å²) in [5.74, 6) is 1.01. The summed E-state index contributed by atoms with van der Waals surface area (Å²) in [6, 6.07) is 3.85. The minimum Gasteiger partial charge on any atom is -0.493 e. The van der Waals surface area contributed by atoms with E-state index in [1.54, 1.807) is 7.11 Å². The molecule has 1 atom stereocenters. The van der Waals surface area contributed by atoms with E-state index >= 15 is 0 Å². The van der Waals surface area contributed by atoms with Crippen molar-refractivity contribution < 1.29 is 24.1 Å². The number of nitrogens with zero attached hydrogens (tertiary/aromatic N) is 1. The Morgan fingerprint density at radius 1 is 1.50 bits per heavy atom. The lowest BCUT2D eigenvalue weighted by Crippen LogP contribution is -2.22. The molecule has 0 aromatic heterocycles. The Labute approximate surface area is 116 Å². The third-order valence-corrected chi connectivity index (χ3v) is 3.75. The average Bonchev–Trinajstić information content (AvgIpc) is 3.06. The first-order valence-electron chi connectivity index (χ1n) is 6.59. The second kappa shape index (κ2) is 5.20. The summed E-state index contributed by atoms with van der Waals surface area (Å²) in [4.78, 5) is 13.1. The van der Waals surface area contributed by atoms with Crippen LogP contribution in [0.5, 0.6) is 17.2 Å². The summed E-state index contributed by atoms with van der Waals surface area (Å²) in [6.45, 7) is 2.29. The zero-order valence-electron chi connectivity index (χ0n) is 11.3. The minimum absolute atomic E-state index is 0.208. The molecule has 2 aliphatic heterocycles. The molecule has 0 saturated carbocycles. The standard InChI is InChI=1S/C14H17NO5/c1-18-11-4-9(5-12-13(11)20-8-19-12)6-15-3-2-10(7-15)14(16)17/h4-5,10H,2-3,6-8H2,1H3,(H,16,17). The zero-order valence-corrected chi connectivity index (χ0v) is 11.3. The van der Waals surface area contributed by atoms with Gasteiger partial charge in [0.05, 0.1) is 13.0 Å². The number of aliphatic carboxylic acids is 1. The summed E-state index contributed by atoms with van der Waals surface area (Å²) >= 11 is 0. The Morgan fingerprint density at radius 2 is 2.35 bits per heavy atom. The maximum Gasteiger partial charge on any atom is 0.307 e. The molecule has 6 nitrogen and oxygen atoms in total. The van der Waals surface area contributed by atoms with E-state index in [1.807, 2.05) is 12.1 Å². The molecule has 3 rings (SSSR count). The predicted molar refractivity (Wildman–Crippen MR) is 70.1 cm³/mol. The summed E-state index contributed by atoms with van der Waals surface area (Å²) in [6.07, 6.45) is 0.705. The SMILES string of the molecule is COc1cc(CN2CCC(C(=O)O)C2)cc2c1OCO2. The van der Waals surface area contributed by atoms with E-state index in [4.69, 9.17) is 19.3 Å². The lowest BCUT2D eigenvalue weighted by atomic mass is 10.1. The molecule has 1 aromatic carbocycles. The van der Waals surface area contributed by atoms with Gasteiger partial charge < -0.3 is 19.3 Å². The van der Waals surface area contributed by atoms with Crippen molar-refractivity contribution >= 4 is 5.97 Å². The highest BCUT2D eigenvalue weighted by molar-refractivity contribution is 5.70. The van der Waals surface area contributed by atoms with Crippen molar-refractivity contribution in [2.45, 2.75) is 13.0 Å². The molecule has 1 saturated heterocycles. The van der Waals surface area contributed by atoms with Crippen molar-refractivity contribution in [1.82, 2.24) is 4.90 Å². The van der Waals surface area contributed by atoms with Crippen LogP contribution >= 0.6 is 0 Å². The molecule has 0 amide bonds. The van der Waals surface area contributed by atoms with Crippen molar-refractivity contribution in [1.29, 1.82) is 0 Å². The Bertz CT molecular complexity index is 531. The number of carbonyl (C=O) groups is 1. The number of hydrogen-bond acceptors (Lipinski definition) is 5. The first-order valence-corrected chi connectivity index (χ1v) is 6.59. The highest BCUT2D eigenvalue weighted by Crippen LogP contribution is 2.42. The minimum atomic E-state index is -0.712. The van der Waals surface area contributed by atoms with Gasteiger partial charge in [-0.2, -0.15) is 0 Å². The summed E-state index contributed by atoms with van der Waals surface area (Å²) in [7, 11) is 1.59. The molecule has 0 aliphatic carbocycles. The van der Waals surface area contributed by atoms with Crippen molar-refractivity contribution in [3.05, 3.63) is 17.7 Å². The number of fused-ring (bicyclic) bond motifs is 1. The average molecular weight is 279 g/mol. The van der Waals surface area contributed by atoms with E-state index in [-0.39, 0.29) is 12.7 Å². The Morgan fingerprint density at radius 3 is 3.05 bits per heavy atom. The van der Waals surface area contributed by atoms with Gasteiger partial charge in [0, 0.05) is 13.1 Å². The predicted octanol–water partition coefficient (Wildman–Crippen LogP) is 1.33. The van der Waals surface area contributed by atoms with Crippen LogP contribution in [0.25, 0.3) is 0 Å². The number of ether oxygens (including phenoxy) is 3. The summed E-state index contributed by atoms with van der Waals surface area (Å²) < 4.78 is 16.0. The third kappa shape index (κ3) is 2.38. The van der Waals surface area contributed by atoms with Crippen molar-refractivity contribution in [3.63, 3.8) is 0 Å². The number of benzene rings is 1. The number of likely N-dealkylation sites (tertiary alicyclic amines) is 1. The Balaban J connectivity index is 1.74. The Kier molecular flexibility index (Phi) is 3.40. The lowest BCUT2D eigenvalue weighted by Gasteiger charge is -2.16. The van der Waals surface area contributed by atoms with E-state index in [0.29, 0.717) is 36.8 Å². The van der Waals surface area contributed by atoms with E-state index in [1.165, 1.54) is 0 Å². The van der Waals surface area contributed by atoms with E-state index in [9.17, 15) is 4.79 Å². The van der Waals surface area contributed by atoms with Crippen LogP contribution in [0.2, 0.25) is 0 Å². The third-order valence-electron chi connectivity index (χ3n) is 3.75. The van der Waals surface area contributed by atoms with Gasteiger partial charge in [0.1, 0.15) is 0 Å².